The zero-order valence-corrected chi connectivity index (χ0v) is 14.3. The Morgan fingerprint density at radius 1 is 1.36 bits per heavy atom. The summed E-state index contributed by atoms with van der Waals surface area (Å²) >= 11 is 0. The number of anilines is 1. The number of nitrogens with zero attached hydrogens (tertiary/aromatic N) is 2. The molecule has 0 bridgehead atoms. The van der Waals surface area contributed by atoms with E-state index in [1.54, 1.807) is 24.4 Å². The molecule has 0 aliphatic carbocycles. The SMILES string of the molecule is CC(C)CC1COc2ncc(Cc3ccc(F)cc3)cc2N1C(=O)O. The molecule has 0 spiro atoms. The van der Waals surface area contributed by atoms with Gasteiger partial charge in [-0.1, -0.05) is 26.0 Å². The topological polar surface area (TPSA) is 62.7 Å². The summed E-state index contributed by atoms with van der Waals surface area (Å²) in [7, 11) is 0. The number of aromatic nitrogens is 1. The van der Waals surface area contributed by atoms with Crippen molar-refractivity contribution < 1.29 is 19.0 Å². The lowest BCUT2D eigenvalue weighted by Crippen LogP contribution is -2.47. The van der Waals surface area contributed by atoms with Gasteiger partial charge >= 0.3 is 6.09 Å². The quantitative estimate of drug-likeness (QED) is 0.907. The van der Waals surface area contributed by atoms with Crippen LogP contribution in [0.4, 0.5) is 14.9 Å². The first-order chi connectivity index (χ1) is 11.9. The Morgan fingerprint density at radius 2 is 2.08 bits per heavy atom. The lowest BCUT2D eigenvalue weighted by Gasteiger charge is -2.35. The first-order valence-electron chi connectivity index (χ1n) is 8.32. The number of carbonyl (C=O) groups is 1. The highest BCUT2D eigenvalue weighted by Crippen LogP contribution is 2.35. The second kappa shape index (κ2) is 7.09. The Labute approximate surface area is 146 Å². The maximum absolute atomic E-state index is 13.0. The van der Waals surface area contributed by atoms with E-state index in [2.05, 4.69) is 18.8 Å². The number of benzene rings is 1. The highest BCUT2D eigenvalue weighted by molar-refractivity contribution is 5.89. The summed E-state index contributed by atoms with van der Waals surface area (Å²) in [6.07, 6.45) is 1.93. The van der Waals surface area contributed by atoms with E-state index in [4.69, 9.17) is 4.74 Å². The first kappa shape index (κ1) is 17.2. The van der Waals surface area contributed by atoms with Crippen LogP contribution in [0.25, 0.3) is 0 Å². The molecule has 1 aromatic heterocycles. The molecule has 1 aliphatic heterocycles. The van der Waals surface area contributed by atoms with E-state index in [1.807, 2.05) is 0 Å². The molecule has 25 heavy (non-hydrogen) atoms. The molecular weight excluding hydrogens is 323 g/mol. The van der Waals surface area contributed by atoms with E-state index in [-0.39, 0.29) is 11.9 Å². The number of hydrogen-bond acceptors (Lipinski definition) is 3. The van der Waals surface area contributed by atoms with Gasteiger partial charge in [-0.25, -0.2) is 14.2 Å². The van der Waals surface area contributed by atoms with Crippen molar-refractivity contribution in [3.8, 4) is 5.88 Å². The van der Waals surface area contributed by atoms with Crippen LogP contribution in [0.1, 0.15) is 31.4 Å². The maximum Gasteiger partial charge on any atom is 0.412 e. The molecule has 1 atom stereocenters. The van der Waals surface area contributed by atoms with E-state index in [0.717, 1.165) is 11.1 Å². The molecule has 6 heteroatoms. The van der Waals surface area contributed by atoms with Crippen molar-refractivity contribution in [3.63, 3.8) is 0 Å². The average Bonchev–Trinajstić information content (AvgIpc) is 2.55. The molecule has 0 radical (unpaired) electrons. The third-order valence-electron chi connectivity index (χ3n) is 4.20. The molecule has 1 amide bonds. The fourth-order valence-electron chi connectivity index (χ4n) is 3.12. The fourth-order valence-corrected chi connectivity index (χ4v) is 3.12. The van der Waals surface area contributed by atoms with Gasteiger partial charge in [0.25, 0.3) is 0 Å². The minimum Gasteiger partial charge on any atom is -0.474 e. The first-order valence-corrected chi connectivity index (χ1v) is 8.32. The zero-order valence-electron chi connectivity index (χ0n) is 14.3. The van der Waals surface area contributed by atoms with Crippen LogP contribution in [0, 0.1) is 11.7 Å². The van der Waals surface area contributed by atoms with Crippen LogP contribution in [0.3, 0.4) is 0 Å². The van der Waals surface area contributed by atoms with Crippen molar-refractivity contribution >= 4 is 11.8 Å². The van der Waals surface area contributed by atoms with Gasteiger partial charge in [0.2, 0.25) is 5.88 Å². The van der Waals surface area contributed by atoms with Crippen molar-refractivity contribution in [2.45, 2.75) is 32.7 Å². The number of fused-ring (bicyclic) bond motifs is 1. The monoisotopic (exact) mass is 344 g/mol. The summed E-state index contributed by atoms with van der Waals surface area (Å²) in [5, 5.41) is 9.68. The molecule has 2 aromatic rings. The standard InChI is InChI=1S/C19H21FN2O3/c1-12(2)7-16-11-25-18-17(22(16)19(23)24)9-14(10-21-18)8-13-3-5-15(20)6-4-13/h3-6,9-10,12,16H,7-8,11H2,1-2H3,(H,23,24). The van der Waals surface area contributed by atoms with Crippen LogP contribution >= 0.6 is 0 Å². The van der Waals surface area contributed by atoms with Gasteiger partial charge in [0.15, 0.2) is 0 Å². The fraction of sp³-hybridized carbons (Fsp3) is 0.368. The number of ether oxygens (including phenoxy) is 1. The molecule has 1 N–H and O–H groups in total. The summed E-state index contributed by atoms with van der Waals surface area (Å²) in [5.41, 5.74) is 2.26. The zero-order chi connectivity index (χ0) is 18.0. The van der Waals surface area contributed by atoms with E-state index in [1.165, 1.54) is 17.0 Å². The van der Waals surface area contributed by atoms with Crippen molar-refractivity contribution in [1.82, 2.24) is 4.98 Å². The molecule has 1 aliphatic rings. The Morgan fingerprint density at radius 3 is 2.72 bits per heavy atom. The number of halogens is 1. The number of pyridine rings is 1. The molecule has 1 unspecified atom stereocenters. The average molecular weight is 344 g/mol. The Balaban J connectivity index is 1.90. The Kier molecular flexibility index (Phi) is 4.88. The number of rotatable bonds is 4. The van der Waals surface area contributed by atoms with Crippen LogP contribution in [0.15, 0.2) is 36.5 Å². The van der Waals surface area contributed by atoms with E-state index in [9.17, 15) is 14.3 Å². The van der Waals surface area contributed by atoms with Gasteiger partial charge in [0.1, 0.15) is 18.1 Å². The van der Waals surface area contributed by atoms with Crippen LogP contribution < -0.4 is 9.64 Å². The number of amides is 1. The summed E-state index contributed by atoms with van der Waals surface area (Å²) in [6, 6.07) is 7.81. The number of carboxylic acid groups (broad SMARTS) is 1. The van der Waals surface area contributed by atoms with Gasteiger partial charge in [-0.05, 0) is 48.1 Å². The van der Waals surface area contributed by atoms with E-state index >= 15 is 0 Å². The van der Waals surface area contributed by atoms with Crippen LogP contribution in [-0.2, 0) is 6.42 Å². The van der Waals surface area contributed by atoms with Gasteiger partial charge in [-0.15, -0.1) is 0 Å². The molecule has 3 rings (SSSR count). The summed E-state index contributed by atoms with van der Waals surface area (Å²) in [4.78, 5) is 17.5. The van der Waals surface area contributed by atoms with Gasteiger partial charge in [-0.2, -0.15) is 0 Å². The summed E-state index contributed by atoms with van der Waals surface area (Å²) < 4.78 is 18.7. The van der Waals surface area contributed by atoms with E-state index in [0.29, 0.717) is 36.9 Å². The predicted molar refractivity (Wildman–Crippen MR) is 92.7 cm³/mol. The van der Waals surface area contributed by atoms with Crippen molar-refractivity contribution in [3.05, 3.63) is 53.5 Å². The van der Waals surface area contributed by atoms with Crippen molar-refractivity contribution in [1.29, 1.82) is 0 Å². The predicted octanol–water partition coefficient (Wildman–Crippen LogP) is 4.10. The van der Waals surface area contributed by atoms with Gasteiger partial charge in [0, 0.05) is 6.20 Å². The number of hydrogen-bond donors (Lipinski definition) is 1. The lowest BCUT2D eigenvalue weighted by atomic mass is 10.0. The molecule has 2 heterocycles. The Hall–Kier alpha value is -2.63. The molecule has 0 saturated carbocycles. The third kappa shape index (κ3) is 3.90. The highest BCUT2D eigenvalue weighted by Gasteiger charge is 2.33. The highest BCUT2D eigenvalue weighted by atomic mass is 19.1. The van der Waals surface area contributed by atoms with E-state index < -0.39 is 6.09 Å². The maximum atomic E-state index is 13.0. The normalized spacial score (nSPS) is 16.5. The third-order valence-corrected chi connectivity index (χ3v) is 4.20. The molecule has 0 fully saturated rings. The summed E-state index contributed by atoms with van der Waals surface area (Å²) in [5.74, 6) is 0.409. The van der Waals surface area contributed by atoms with Crippen molar-refractivity contribution in [2.24, 2.45) is 5.92 Å². The second-order valence-corrected chi connectivity index (χ2v) is 6.72. The summed E-state index contributed by atoms with van der Waals surface area (Å²) in [6.45, 7) is 4.42. The molecule has 5 nitrogen and oxygen atoms in total. The van der Waals surface area contributed by atoms with Gasteiger partial charge in [-0.3, -0.25) is 4.90 Å². The molecule has 0 saturated heterocycles. The molecular formula is C19H21FN2O3. The van der Waals surface area contributed by atoms with Crippen LogP contribution in [0.2, 0.25) is 0 Å². The largest absolute Gasteiger partial charge is 0.474 e. The van der Waals surface area contributed by atoms with Crippen LogP contribution in [-0.4, -0.2) is 28.8 Å². The minimum atomic E-state index is -1.00. The smallest absolute Gasteiger partial charge is 0.412 e. The molecule has 1 aromatic carbocycles. The van der Waals surface area contributed by atoms with Gasteiger partial charge in [0.05, 0.1) is 6.04 Å². The second-order valence-electron chi connectivity index (χ2n) is 6.72. The Bertz CT molecular complexity index is 762. The van der Waals surface area contributed by atoms with Crippen LogP contribution in [0.5, 0.6) is 5.88 Å². The van der Waals surface area contributed by atoms with Gasteiger partial charge < -0.3 is 9.84 Å². The molecule has 132 valence electrons. The van der Waals surface area contributed by atoms with Crippen molar-refractivity contribution in [2.75, 3.05) is 11.5 Å². The minimum absolute atomic E-state index is 0.229. The lowest BCUT2D eigenvalue weighted by molar-refractivity contribution is 0.182.